The highest BCUT2D eigenvalue weighted by atomic mass is 79.9. The van der Waals surface area contributed by atoms with Gasteiger partial charge in [0, 0.05) is 36.7 Å². The molecule has 90 valence electrons. The zero-order chi connectivity index (χ0) is 12.3. The number of aromatic nitrogens is 2. The molecule has 0 fully saturated rings. The van der Waals surface area contributed by atoms with Gasteiger partial charge in [-0.1, -0.05) is 0 Å². The number of aromatic amines is 1. The molecule has 2 heterocycles. The van der Waals surface area contributed by atoms with Crippen LogP contribution in [0.4, 0.5) is 5.82 Å². The van der Waals surface area contributed by atoms with Gasteiger partial charge in [-0.3, -0.25) is 0 Å². The molecule has 0 aliphatic carbocycles. The van der Waals surface area contributed by atoms with E-state index in [4.69, 9.17) is 0 Å². The second-order valence-electron chi connectivity index (χ2n) is 4.18. The number of rotatable bonds is 4. The summed E-state index contributed by atoms with van der Waals surface area (Å²) in [6, 6.07) is 4.20. The first kappa shape index (κ1) is 12.2. The third-order valence-electron chi connectivity index (χ3n) is 2.82. The number of hydrogen-bond acceptors (Lipinski definition) is 2. The Hall–Kier alpha value is -1.29. The fourth-order valence-electron chi connectivity index (χ4n) is 1.66. The maximum absolute atomic E-state index is 4.41. The molecule has 2 aromatic rings. The molecular formula is C13H16BrN3. The Kier molecular flexibility index (Phi) is 3.84. The normalized spacial score (nSPS) is 10.5. The lowest BCUT2D eigenvalue weighted by Crippen LogP contribution is -2.21. The van der Waals surface area contributed by atoms with Crippen molar-refractivity contribution in [2.45, 2.75) is 13.3 Å². The zero-order valence-electron chi connectivity index (χ0n) is 10.1. The monoisotopic (exact) mass is 293 g/mol. The molecule has 0 atom stereocenters. The van der Waals surface area contributed by atoms with Crippen molar-refractivity contribution in [3.05, 3.63) is 46.3 Å². The Morgan fingerprint density at radius 3 is 2.94 bits per heavy atom. The van der Waals surface area contributed by atoms with Crippen molar-refractivity contribution in [2.75, 3.05) is 18.5 Å². The van der Waals surface area contributed by atoms with Crippen LogP contribution in [0.5, 0.6) is 0 Å². The summed E-state index contributed by atoms with van der Waals surface area (Å²) in [5.41, 5.74) is 2.54. The van der Waals surface area contributed by atoms with Crippen LogP contribution in [0.1, 0.15) is 11.1 Å². The van der Waals surface area contributed by atoms with Gasteiger partial charge in [-0.2, -0.15) is 0 Å². The Labute approximate surface area is 110 Å². The van der Waals surface area contributed by atoms with Crippen LogP contribution in [0, 0.1) is 6.92 Å². The minimum absolute atomic E-state index is 0.964. The van der Waals surface area contributed by atoms with E-state index in [1.165, 1.54) is 11.1 Å². The van der Waals surface area contributed by atoms with Gasteiger partial charge < -0.3 is 9.88 Å². The van der Waals surface area contributed by atoms with Gasteiger partial charge in [-0.05, 0) is 52.5 Å². The van der Waals surface area contributed by atoms with Crippen LogP contribution in [0.25, 0.3) is 0 Å². The summed E-state index contributed by atoms with van der Waals surface area (Å²) >= 11 is 3.46. The van der Waals surface area contributed by atoms with Crippen molar-refractivity contribution in [1.29, 1.82) is 0 Å². The zero-order valence-corrected chi connectivity index (χ0v) is 11.7. The summed E-state index contributed by atoms with van der Waals surface area (Å²) in [5.74, 6) is 1.02. The number of anilines is 1. The van der Waals surface area contributed by atoms with Crippen molar-refractivity contribution in [3.8, 4) is 0 Å². The topological polar surface area (TPSA) is 31.9 Å². The Bertz CT molecular complexity index is 479. The number of hydrogen-bond donors (Lipinski definition) is 1. The van der Waals surface area contributed by atoms with Crippen LogP contribution >= 0.6 is 15.9 Å². The molecule has 0 aliphatic rings. The van der Waals surface area contributed by atoms with Crippen LogP contribution in [0.3, 0.4) is 0 Å². The van der Waals surface area contributed by atoms with Gasteiger partial charge in [0.1, 0.15) is 5.82 Å². The summed E-state index contributed by atoms with van der Waals surface area (Å²) in [5, 5.41) is 0. The molecule has 0 bridgehead atoms. The summed E-state index contributed by atoms with van der Waals surface area (Å²) in [6.07, 6.45) is 6.87. The maximum Gasteiger partial charge on any atom is 0.128 e. The SMILES string of the molecule is Cc1cc(N(C)CCc2cc[nH]c2)ncc1Br. The van der Waals surface area contributed by atoms with Crippen LogP contribution in [-0.2, 0) is 6.42 Å². The first-order valence-electron chi connectivity index (χ1n) is 5.62. The minimum atomic E-state index is 0.964. The molecule has 0 aliphatic heterocycles. The summed E-state index contributed by atoms with van der Waals surface area (Å²) < 4.78 is 1.06. The largest absolute Gasteiger partial charge is 0.367 e. The van der Waals surface area contributed by atoms with Gasteiger partial charge in [0.2, 0.25) is 0 Å². The van der Waals surface area contributed by atoms with Crippen LogP contribution in [0.15, 0.2) is 35.2 Å². The third kappa shape index (κ3) is 3.09. The third-order valence-corrected chi connectivity index (χ3v) is 3.65. The molecule has 0 saturated heterocycles. The van der Waals surface area contributed by atoms with Crippen molar-refractivity contribution in [3.63, 3.8) is 0 Å². The van der Waals surface area contributed by atoms with Crippen molar-refractivity contribution >= 4 is 21.7 Å². The summed E-state index contributed by atoms with van der Waals surface area (Å²) in [6.45, 7) is 3.04. The number of pyridine rings is 1. The summed E-state index contributed by atoms with van der Waals surface area (Å²) in [4.78, 5) is 9.65. The fourth-order valence-corrected chi connectivity index (χ4v) is 1.88. The van der Waals surface area contributed by atoms with Crippen molar-refractivity contribution < 1.29 is 0 Å². The van der Waals surface area contributed by atoms with Gasteiger partial charge in [-0.15, -0.1) is 0 Å². The average molecular weight is 294 g/mol. The Morgan fingerprint density at radius 2 is 2.29 bits per heavy atom. The van der Waals surface area contributed by atoms with E-state index in [0.29, 0.717) is 0 Å². The van der Waals surface area contributed by atoms with Gasteiger partial charge >= 0.3 is 0 Å². The maximum atomic E-state index is 4.41. The second kappa shape index (κ2) is 5.36. The number of aryl methyl sites for hydroxylation is 1. The van der Waals surface area contributed by atoms with Crippen molar-refractivity contribution in [2.24, 2.45) is 0 Å². The van der Waals surface area contributed by atoms with Gasteiger partial charge in [0.05, 0.1) is 0 Å². The predicted octanol–water partition coefficient (Wildman–Crippen LogP) is 3.16. The summed E-state index contributed by atoms with van der Waals surface area (Å²) in [7, 11) is 2.07. The highest BCUT2D eigenvalue weighted by Gasteiger charge is 2.04. The van der Waals surface area contributed by atoms with E-state index in [-0.39, 0.29) is 0 Å². The van der Waals surface area contributed by atoms with Gasteiger partial charge in [0.15, 0.2) is 0 Å². The Balaban J connectivity index is 1.99. The molecular weight excluding hydrogens is 278 g/mol. The lowest BCUT2D eigenvalue weighted by atomic mass is 10.2. The highest BCUT2D eigenvalue weighted by Crippen LogP contribution is 2.19. The molecule has 0 aromatic carbocycles. The van der Waals surface area contributed by atoms with Gasteiger partial charge in [-0.25, -0.2) is 4.98 Å². The first-order chi connectivity index (χ1) is 8.16. The van der Waals surface area contributed by atoms with E-state index in [2.05, 4.69) is 56.9 Å². The van der Waals surface area contributed by atoms with E-state index in [1.54, 1.807) is 0 Å². The van der Waals surface area contributed by atoms with Crippen LogP contribution in [-0.4, -0.2) is 23.6 Å². The molecule has 4 heteroatoms. The number of nitrogens with one attached hydrogen (secondary N) is 1. The molecule has 2 rings (SSSR count). The Morgan fingerprint density at radius 1 is 1.47 bits per heavy atom. The predicted molar refractivity (Wildman–Crippen MR) is 74.4 cm³/mol. The minimum Gasteiger partial charge on any atom is -0.367 e. The van der Waals surface area contributed by atoms with Crippen LogP contribution < -0.4 is 4.90 Å². The molecule has 2 aromatic heterocycles. The average Bonchev–Trinajstić information content (AvgIpc) is 2.82. The highest BCUT2D eigenvalue weighted by molar-refractivity contribution is 9.10. The van der Waals surface area contributed by atoms with E-state index in [1.807, 2.05) is 18.6 Å². The number of likely N-dealkylation sites (N-methyl/N-ethyl adjacent to an activating group) is 1. The van der Waals surface area contributed by atoms with E-state index < -0.39 is 0 Å². The molecule has 0 radical (unpaired) electrons. The molecule has 1 N–H and O–H groups in total. The van der Waals surface area contributed by atoms with E-state index in [0.717, 1.165) is 23.3 Å². The van der Waals surface area contributed by atoms with E-state index in [9.17, 15) is 0 Å². The lowest BCUT2D eigenvalue weighted by Gasteiger charge is -2.18. The van der Waals surface area contributed by atoms with Gasteiger partial charge in [0.25, 0.3) is 0 Å². The van der Waals surface area contributed by atoms with Crippen molar-refractivity contribution in [1.82, 2.24) is 9.97 Å². The van der Waals surface area contributed by atoms with Crippen LogP contribution in [0.2, 0.25) is 0 Å². The molecule has 3 nitrogen and oxygen atoms in total. The first-order valence-corrected chi connectivity index (χ1v) is 6.41. The number of nitrogens with zero attached hydrogens (tertiary/aromatic N) is 2. The fraction of sp³-hybridized carbons (Fsp3) is 0.308. The number of halogens is 1. The number of H-pyrrole nitrogens is 1. The molecule has 0 amide bonds. The molecule has 0 spiro atoms. The standard InChI is InChI=1S/C13H16BrN3/c1-10-7-13(16-9-12(10)14)17(2)6-4-11-3-5-15-8-11/h3,5,7-9,15H,4,6H2,1-2H3. The second-order valence-corrected chi connectivity index (χ2v) is 5.04. The molecule has 0 unspecified atom stereocenters. The smallest absolute Gasteiger partial charge is 0.128 e. The lowest BCUT2D eigenvalue weighted by molar-refractivity contribution is 0.859. The molecule has 0 saturated carbocycles. The molecule has 17 heavy (non-hydrogen) atoms. The van der Waals surface area contributed by atoms with E-state index >= 15 is 0 Å². The quantitative estimate of drug-likeness (QED) is 0.939.